The van der Waals surface area contributed by atoms with Crippen molar-refractivity contribution in [2.45, 2.75) is 24.9 Å². The second kappa shape index (κ2) is 11.0. The van der Waals surface area contributed by atoms with Crippen LogP contribution in [0.5, 0.6) is 6.01 Å². The summed E-state index contributed by atoms with van der Waals surface area (Å²) in [7, 11) is 1.42. The SMILES string of the molecule is C#Cc1cccc2cccc(-c3ncc4c(N5CCC6C5CCN6C(=O)/C(F)=C/c5ccccn5)nc(OC)nc4c3F)c12. The van der Waals surface area contributed by atoms with Crippen molar-refractivity contribution in [3.8, 4) is 29.6 Å². The lowest BCUT2D eigenvalue weighted by molar-refractivity contribution is -0.129. The molecular weight excluding hydrogens is 562 g/mol. The number of likely N-dealkylation sites (tertiary alicyclic amines) is 1. The number of fused-ring (bicyclic) bond motifs is 3. The van der Waals surface area contributed by atoms with Gasteiger partial charge in [-0.3, -0.25) is 14.8 Å². The molecule has 10 heteroatoms. The van der Waals surface area contributed by atoms with Gasteiger partial charge in [0.05, 0.1) is 30.3 Å². The Labute approximate surface area is 252 Å². The maximum atomic E-state index is 16.4. The van der Waals surface area contributed by atoms with Crippen LogP contribution in [0.3, 0.4) is 0 Å². The van der Waals surface area contributed by atoms with Crippen molar-refractivity contribution in [1.82, 2.24) is 24.8 Å². The maximum Gasteiger partial charge on any atom is 0.318 e. The summed E-state index contributed by atoms with van der Waals surface area (Å²) in [5, 5.41) is 2.01. The average Bonchev–Trinajstić information content (AvgIpc) is 3.67. The number of amides is 1. The number of halogens is 2. The summed E-state index contributed by atoms with van der Waals surface area (Å²) in [6.07, 6.45) is 11.2. The topological polar surface area (TPSA) is 84.3 Å². The molecule has 0 bridgehead atoms. The molecule has 2 atom stereocenters. The number of anilines is 1. The van der Waals surface area contributed by atoms with Crippen molar-refractivity contribution in [3.05, 3.63) is 89.9 Å². The molecule has 3 aromatic heterocycles. The van der Waals surface area contributed by atoms with E-state index in [0.717, 1.165) is 16.8 Å². The summed E-state index contributed by atoms with van der Waals surface area (Å²) < 4.78 is 36.8. The predicted molar refractivity (Wildman–Crippen MR) is 164 cm³/mol. The van der Waals surface area contributed by atoms with Gasteiger partial charge < -0.3 is 14.5 Å². The Bertz CT molecular complexity index is 2000. The normalized spacial score (nSPS) is 18.1. The minimum atomic E-state index is -0.864. The third kappa shape index (κ3) is 4.48. The predicted octanol–water partition coefficient (Wildman–Crippen LogP) is 5.56. The van der Waals surface area contributed by atoms with E-state index in [2.05, 4.69) is 25.9 Å². The molecule has 2 unspecified atom stereocenters. The smallest absolute Gasteiger partial charge is 0.318 e. The van der Waals surface area contributed by atoms with Gasteiger partial charge >= 0.3 is 6.01 Å². The molecule has 218 valence electrons. The van der Waals surface area contributed by atoms with Crippen molar-refractivity contribution in [3.63, 3.8) is 0 Å². The van der Waals surface area contributed by atoms with Crippen LogP contribution in [0.2, 0.25) is 0 Å². The standard InChI is InChI=1S/C34H26F2N6O2/c1-3-20-8-6-9-21-10-7-12-23(28(20)21)30-29(36)31-24(19-38-30)32(40-34(39-31)44-2)41-16-13-27-26(41)14-17-42(27)33(43)25(35)18-22-11-4-5-15-37-22/h1,4-12,15,18-19,26-27H,13-14,16-17H2,2H3/b25-18-. The lowest BCUT2D eigenvalue weighted by Gasteiger charge is -2.27. The number of carbonyl (C=O) groups is 1. The first-order valence-corrected chi connectivity index (χ1v) is 14.2. The van der Waals surface area contributed by atoms with Crippen molar-refractivity contribution < 1.29 is 18.3 Å². The highest BCUT2D eigenvalue weighted by molar-refractivity contribution is 6.02. The lowest BCUT2D eigenvalue weighted by Crippen LogP contribution is -2.40. The first kappa shape index (κ1) is 27.4. The van der Waals surface area contributed by atoms with Gasteiger partial charge in [-0.05, 0) is 36.4 Å². The number of methoxy groups -OCH3 is 1. The highest BCUT2D eigenvalue weighted by Crippen LogP contribution is 2.40. The first-order valence-electron chi connectivity index (χ1n) is 14.2. The molecule has 0 radical (unpaired) electrons. The summed E-state index contributed by atoms with van der Waals surface area (Å²) in [5.74, 6) is 0.992. The molecule has 8 nitrogen and oxygen atoms in total. The fourth-order valence-electron chi connectivity index (χ4n) is 6.47. The van der Waals surface area contributed by atoms with Crippen molar-refractivity contribution in [2.75, 3.05) is 25.1 Å². The zero-order valence-electron chi connectivity index (χ0n) is 23.7. The molecule has 0 aliphatic carbocycles. The van der Waals surface area contributed by atoms with Crippen LogP contribution >= 0.6 is 0 Å². The first-order chi connectivity index (χ1) is 21.5. The Morgan fingerprint density at radius 3 is 2.64 bits per heavy atom. The van der Waals surface area contributed by atoms with Crippen molar-refractivity contribution >= 4 is 39.5 Å². The fraction of sp³-hybridized carbons (Fsp3) is 0.206. The molecular formula is C34H26F2N6O2. The molecule has 2 aliphatic rings. The van der Waals surface area contributed by atoms with Gasteiger partial charge in [-0.25, -0.2) is 8.78 Å². The molecule has 2 aliphatic heterocycles. The third-order valence-electron chi connectivity index (χ3n) is 8.42. The monoisotopic (exact) mass is 588 g/mol. The maximum absolute atomic E-state index is 16.4. The van der Waals surface area contributed by atoms with E-state index in [0.29, 0.717) is 54.0 Å². The summed E-state index contributed by atoms with van der Waals surface area (Å²) >= 11 is 0. The number of rotatable bonds is 5. The molecule has 0 N–H and O–H groups in total. The highest BCUT2D eigenvalue weighted by Gasteiger charge is 2.46. The van der Waals surface area contributed by atoms with Crippen LogP contribution in [0.1, 0.15) is 24.1 Å². The second-order valence-electron chi connectivity index (χ2n) is 10.7. The Hall–Kier alpha value is -5.43. The number of pyridine rings is 2. The zero-order chi connectivity index (χ0) is 30.4. The molecule has 0 saturated carbocycles. The van der Waals surface area contributed by atoms with Gasteiger partial charge in [-0.15, -0.1) is 6.42 Å². The Kier molecular flexibility index (Phi) is 6.85. The molecule has 44 heavy (non-hydrogen) atoms. The third-order valence-corrected chi connectivity index (χ3v) is 8.42. The van der Waals surface area contributed by atoms with Gasteiger partial charge in [0.2, 0.25) is 0 Å². The Balaban J connectivity index is 1.26. The summed E-state index contributed by atoms with van der Waals surface area (Å²) in [6, 6.07) is 15.8. The number of carbonyl (C=O) groups excluding carboxylic acids is 1. The van der Waals surface area contributed by atoms with Crippen molar-refractivity contribution in [2.24, 2.45) is 0 Å². The van der Waals surface area contributed by atoms with E-state index in [4.69, 9.17) is 11.2 Å². The minimum absolute atomic E-state index is 0.00417. The van der Waals surface area contributed by atoms with Gasteiger partial charge in [0, 0.05) is 48.1 Å². The molecule has 7 rings (SSSR count). The van der Waals surface area contributed by atoms with E-state index in [1.54, 1.807) is 41.6 Å². The molecule has 2 fully saturated rings. The summed E-state index contributed by atoms with van der Waals surface area (Å²) in [4.78, 5) is 34.4. The van der Waals surface area contributed by atoms with Crippen LogP contribution in [0.15, 0.2) is 72.8 Å². The molecule has 0 spiro atoms. The van der Waals surface area contributed by atoms with Gasteiger partial charge in [0.1, 0.15) is 17.0 Å². The number of benzene rings is 2. The van der Waals surface area contributed by atoms with Crippen LogP contribution < -0.4 is 9.64 Å². The number of nitrogens with zero attached hydrogens (tertiary/aromatic N) is 6. The van der Waals surface area contributed by atoms with Gasteiger partial charge in [-0.1, -0.05) is 42.3 Å². The van der Waals surface area contributed by atoms with E-state index >= 15 is 8.78 Å². The second-order valence-corrected chi connectivity index (χ2v) is 10.7. The number of ether oxygens (including phenoxy) is 1. The van der Waals surface area contributed by atoms with E-state index in [9.17, 15) is 4.79 Å². The van der Waals surface area contributed by atoms with E-state index in [1.807, 2.05) is 35.2 Å². The van der Waals surface area contributed by atoms with Crippen LogP contribution in [-0.2, 0) is 4.79 Å². The lowest BCUT2D eigenvalue weighted by atomic mass is 9.97. The molecule has 2 saturated heterocycles. The molecule has 5 aromatic rings. The van der Waals surface area contributed by atoms with E-state index in [-0.39, 0.29) is 29.3 Å². The molecule has 2 aromatic carbocycles. The minimum Gasteiger partial charge on any atom is -0.467 e. The number of aromatic nitrogens is 4. The quantitative estimate of drug-likeness (QED) is 0.196. The molecule has 5 heterocycles. The van der Waals surface area contributed by atoms with Crippen LogP contribution in [-0.4, -0.2) is 63.0 Å². The van der Waals surface area contributed by atoms with Gasteiger partial charge in [0.25, 0.3) is 5.91 Å². The largest absolute Gasteiger partial charge is 0.467 e. The summed E-state index contributed by atoms with van der Waals surface area (Å²) in [6.45, 7) is 0.905. The zero-order valence-corrected chi connectivity index (χ0v) is 23.7. The van der Waals surface area contributed by atoms with Crippen molar-refractivity contribution in [1.29, 1.82) is 0 Å². The average molecular weight is 589 g/mol. The van der Waals surface area contributed by atoms with E-state index < -0.39 is 17.6 Å². The van der Waals surface area contributed by atoms with Crippen LogP contribution in [0.4, 0.5) is 14.6 Å². The Morgan fingerprint density at radius 1 is 1.05 bits per heavy atom. The van der Waals surface area contributed by atoms with Crippen LogP contribution in [0.25, 0.3) is 39.0 Å². The molecule has 1 amide bonds. The Morgan fingerprint density at radius 2 is 1.86 bits per heavy atom. The van der Waals surface area contributed by atoms with E-state index in [1.165, 1.54) is 7.11 Å². The number of hydrogen-bond donors (Lipinski definition) is 0. The van der Waals surface area contributed by atoms with Gasteiger partial charge in [0.15, 0.2) is 11.6 Å². The summed E-state index contributed by atoms with van der Waals surface area (Å²) in [5.41, 5.74) is 1.74. The van der Waals surface area contributed by atoms with Crippen LogP contribution in [0, 0.1) is 18.2 Å². The number of hydrogen-bond acceptors (Lipinski definition) is 7. The number of terminal acetylenes is 1. The highest BCUT2D eigenvalue weighted by atomic mass is 19.1. The van der Waals surface area contributed by atoms with Gasteiger partial charge in [-0.2, -0.15) is 9.97 Å². The fourth-order valence-corrected chi connectivity index (χ4v) is 6.47.